The second-order valence-electron chi connectivity index (χ2n) is 7.02. The van der Waals surface area contributed by atoms with E-state index >= 15 is 0 Å². The average molecular weight is 368 g/mol. The highest BCUT2D eigenvalue weighted by Crippen LogP contribution is 2.29. The minimum absolute atomic E-state index is 0.102. The first-order chi connectivity index (χ1) is 12.6. The van der Waals surface area contributed by atoms with E-state index in [1.54, 1.807) is 12.3 Å². The van der Waals surface area contributed by atoms with Crippen molar-refractivity contribution in [1.29, 1.82) is 0 Å². The Bertz CT molecular complexity index is 938. The molecule has 4 nitrogen and oxygen atoms in total. The van der Waals surface area contributed by atoms with E-state index in [0.29, 0.717) is 10.6 Å². The van der Waals surface area contributed by atoms with Crippen molar-refractivity contribution in [3.8, 4) is 5.88 Å². The zero-order valence-electron chi connectivity index (χ0n) is 14.7. The van der Waals surface area contributed by atoms with Crippen LogP contribution in [0.3, 0.4) is 0 Å². The minimum Gasteiger partial charge on any atom is -0.494 e. The molecule has 2 N–H and O–H groups in total. The fourth-order valence-electron chi connectivity index (χ4n) is 3.46. The second kappa shape index (κ2) is 7.04. The molecule has 0 amide bonds. The molecule has 4 rings (SSSR count). The Kier molecular flexibility index (Phi) is 4.60. The molecule has 0 radical (unpaired) electrons. The van der Waals surface area contributed by atoms with Crippen LogP contribution in [0, 0.1) is 5.92 Å². The van der Waals surface area contributed by atoms with Gasteiger partial charge in [-0.2, -0.15) is 0 Å². The molecule has 0 aliphatic carbocycles. The number of fused-ring (bicyclic) bond motifs is 1. The van der Waals surface area contributed by atoms with Crippen molar-refractivity contribution in [3.05, 3.63) is 53.1 Å². The highest BCUT2D eigenvalue weighted by Gasteiger charge is 2.15. The largest absolute Gasteiger partial charge is 0.494 e. The van der Waals surface area contributed by atoms with Crippen molar-refractivity contribution < 1.29 is 5.11 Å². The lowest BCUT2D eigenvalue weighted by Crippen LogP contribution is -2.32. The van der Waals surface area contributed by atoms with Gasteiger partial charge in [-0.3, -0.25) is 4.99 Å². The number of anilines is 1. The maximum Gasteiger partial charge on any atom is 0.198 e. The van der Waals surface area contributed by atoms with Gasteiger partial charge >= 0.3 is 0 Å². The molecule has 0 bridgehead atoms. The maximum absolute atomic E-state index is 10.1. The molecule has 0 atom stereocenters. The van der Waals surface area contributed by atoms with Crippen LogP contribution in [0.15, 0.2) is 47.5 Å². The van der Waals surface area contributed by atoms with Gasteiger partial charge in [-0.15, -0.1) is 0 Å². The van der Waals surface area contributed by atoms with Gasteiger partial charge in [0.05, 0.1) is 16.8 Å². The van der Waals surface area contributed by atoms with Gasteiger partial charge < -0.3 is 15.0 Å². The first-order valence-corrected chi connectivity index (χ1v) is 9.37. The zero-order chi connectivity index (χ0) is 18.1. The molecular formula is C21H22ClN3O. The SMILES string of the molecule is CC1CCN(c2ccc(N=Cc3c(O)[nH]c4cc(Cl)ccc34)cc2)CC1. The summed E-state index contributed by atoms with van der Waals surface area (Å²) >= 11 is 6.00. The number of piperidine rings is 1. The molecule has 1 fully saturated rings. The number of halogens is 1. The molecule has 0 spiro atoms. The second-order valence-corrected chi connectivity index (χ2v) is 7.46. The van der Waals surface area contributed by atoms with Crippen molar-refractivity contribution in [1.82, 2.24) is 4.98 Å². The fourth-order valence-corrected chi connectivity index (χ4v) is 3.64. The summed E-state index contributed by atoms with van der Waals surface area (Å²) in [5.74, 6) is 0.930. The van der Waals surface area contributed by atoms with E-state index in [0.717, 1.165) is 35.6 Å². The lowest BCUT2D eigenvalue weighted by Gasteiger charge is -2.32. The third-order valence-corrected chi connectivity index (χ3v) is 5.36. The molecule has 26 heavy (non-hydrogen) atoms. The van der Waals surface area contributed by atoms with Crippen LogP contribution >= 0.6 is 11.6 Å². The Balaban J connectivity index is 1.53. The van der Waals surface area contributed by atoms with Gasteiger partial charge in [0.15, 0.2) is 5.88 Å². The van der Waals surface area contributed by atoms with E-state index in [1.807, 2.05) is 24.3 Å². The summed E-state index contributed by atoms with van der Waals surface area (Å²) < 4.78 is 0. The molecule has 1 aliphatic rings. The van der Waals surface area contributed by atoms with Crippen molar-refractivity contribution in [2.24, 2.45) is 10.9 Å². The van der Waals surface area contributed by atoms with Gasteiger partial charge in [-0.1, -0.05) is 24.6 Å². The molecule has 1 saturated heterocycles. The average Bonchev–Trinajstić information content (AvgIpc) is 2.95. The molecule has 1 aromatic heterocycles. The van der Waals surface area contributed by atoms with Gasteiger partial charge in [0, 0.05) is 35.4 Å². The Morgan fingerprint density at radius 2 is 1.88 bits per heavy atom. The van der Waals surface area contributed by atoms with Crippen LogP contribution < -0.4 is 4.90 Å². The molecule has 2 heterocycles. The topological polar surface area (TPSA) is 51.6 Å². The van der Waals surface area contributed by atoms with Gasteiger partial charge in [-0.25, -0.2) is 0 Å². The number of benzene rings is 2. The summed E-state index contributed by atoms with van der Waals surface area (Å²) in [6, 6.07) is 13.8. The van der Waals surface area contributed by atoms with E-state index in [1.165, 1.54) is 18.5 Å². The van der Waals surface area contributed by atoms with Gasteiger partial charge in [-0.05, 0) is 55.2 Å². The van der Waals surface area contributed by atoms with Crippen molar-refractivity contribution in [3.63, 3.8) is 0 Å². The van der Waals surface area contributed by atoms with E-state index in [-0.39, 0.29) is 5.88 Å². The molecule has 0 saturated carbocycles. The van der Waals surface area contributed by atoms with Crippen molar-refractivity contribution in [2.75, 3.05) is 18.0 Å². The third-order valence-electron chi connectivity index (χ3n) is 5.12. The molecule has 2 aromatic carbocycles. The summed E-state index contributed by atoms with van der Waals surface area (Å²) in [6.07, 6.45) is 4.20. The predicted octanol–water partition coefficient (Wildman–Crippen LogP) is 5.51. The summed E-state index contributed by atoms with van der Waals surface area (Å²) in [5, 5.41) is 11.7. The highest BCUT2D eigenvalue weighted by atomic mass is 35.5. The molecule has 0 unspecified atom stereocenters. The van der Waals surface area contributed by atoms with Crippen LogP contribution in [-0.2, 0) is 0 Å². The number of nitrogens with one attached hydrogen (secondary N) is 1. The number of aliphatic imine (C=N–C) groups is 1. The lowest BCUT2D eigenvalue weighted by atomic mass is 9.99. The van der Waals surface area contributed by atoms with Crippen LogP contribution in [0.25, 0.3) is 10.9 Å². The van der Waals surface area contributed by atoms with Crippen LogP contribution in [0.4, 0.5) is 11.4 Å². The molecule has 1 aliphatic heterocycles. The van der Waals surface area contributed by atoms with E-state index in [4.69, 9.17) is 11.6 Å². The number of H-pyrrole nitrogens is 1. The standard InChI is InChI=1S/C21H22ClN3O/c1-14-8-10-25(11-9-14)17-5-3-16(4-6-17)23-13-19-18-7-2-15(22)12-20(18)24-21(19)26/h2-7,12-14,24,26H,8-11H2,1H3. The molecule has 134 valence electrons. The van der Waals surface area contributed by atoms with Gasteiger partial charge in [0.2, 0.25) is 0 Å². The van der Waals surface area contributed by atoms with Gasteiger partial charge in [0.1, 0.15) is 0 Å². The molecule has 3 aromatic rings. The Labute approximate surface area is 158 Å². The van der Waals surface area contributed by atoms with E-state index < -0.39 is 0 Å². The van der Waals surface area contributed by atoms with E-state index in [9.17, 15) is 5.11 Å². The van der Waals surface area contributed by atoms with Crippen LogP contribution in [-0.4, -0.2) is 29.4 Å². The zero-order valence-corrected chi connectivity index (χ0v) is 15.5. The quantitative estimate of drug-likeness (QED) is 0.599. The Morgan fingerprint density at radius 1 is 1.15 bits per heavy atom. The monoisotopic (exact) mass is 367 g/mol. The van der Waals surface area contributed by atoms with Crippen molar-refractivity contribution in [2.45, 2.75) is 19.8 Å². The Hall–Kier alpha value is -2.46. The fraction of sp³-hybridized carbons (Fsp3) is 0.286. The molecule has 5 heteroatoms. The number of nitrogens with zero attached hydrogens (tertiary/aromatic N) is 2. The third kappa shape index (κ3) is 3.42. The number of aromatic amines is 1. The van der Waals surface area contributed by atoms with Crippen LogP contribution in [0.5, 0.6) is 5.88 Å². The van der Waals surface area contributed by atoms with Crippen LogP contribution in [0.1, 0.15) is 25.3 Å². The van der Waals surface area contributed by atoms with Gasteiger partial charge in [0.25, 0.3) is 0 Å². The number of rotatable bonds is 3. The number of aromatic nitrogens is 1. The van der Waals surface area contributed by atoms with E-state index in [2.05, 4.69) is 33.9 Å². The normalized spacial score (nSPS) is 16.0. The minimum atomic E-state index is 0.102. The predicted molar refractivity (Wildman–Crippen MR) is 109 cm³/mol. The smallest absolute Gasteiger partial charge is 0.198 e. The summed E-state index contributed by atoms with van der Waals surface area (Å²) in [5.41, 5.74) is 3.58. The first kappa shape index (κ1) is 17.0. The summed E-state index contributed by atoms with van der Waals surface area (Å²) in [6.45, 7) is 4.56. The first-order valence-electron chi connectivity index (χ1n) is 8.99. The highest BCUT2D eigenvalue weighted by molar-refractivity contribution is 6.31. The summed E-state index contributed by atoms with van der Waals surface area (Å²) in [7, 11) is 0. The summed E-state index contributed by atoms with van der Waals surface area (Å²) in [4.78, 5) is 9.89. The maximum atomic E-state index is 10.1. The van der Waals surface area contributed by atoms with Crippen LogP contribution in [0.2, 0.25) is 5.02 Å². The molecular weight excluding hydrogens is 346 g/mol. The lowest BCUT2D eigenvalue weighted by molar-refractivity contribution is 0.438. The number of aromatic hydroxyl groups is 1. The number of hydrogen-bond donors (Lipinski definition) is 2. The van der Waals surface area contributed by atoms with Crippen molar-refractivity contribution >= 4 is 40.1 Å². The Morgan fingerprint density at radius 3 is 2.62 bits per heavy atom. The number of hydrogen-bond acceptors (Lipinski definition) is 3.